The predicted molar refractivity (Wildman–Crippen MR) is 79.9 cm³/mol. The Morgan fingerprint density at radius 3 is 2.57 bits per heavy atom. The molecule has 1 aromatic carbocycles. The van der Waals surface area contributed by atoms with Gasteiger partial charge in [-0.15, -0.1) is 0 Å². The van der Waals surface area contributed by atoms with Crippen LogP contribution in [0.3, 0.4) is 0 Å². The molecular weight excluding hydrogens is 290 g/mol. The molecule has 2 N–H and O–H groups in total. The molecule has 1 aliphatic rings. The molecule has 1 aliphatic heterocycles. The molecule has 21 heavy (non-hydrogen) atoms. The van der Waals surface area contributed by atoms with Gasteiger partial charge in [0.1, 0.15) is 5.54 Å². The lowest BCUT2D eigenvalue weighted by Gasteiger charge is -2.43. The van der Waals surface area contributed by atoms with E-state index in [-0.39, 0.29) is 23.9 Å². The van der Waals surface area contributed by atoms with Crippen molar-refractivity contribution in [1.82, 2.24) is 9.21 Å². The highest BCUT2D eigenvalue weighted by atomic mass is 32.2. The van der Waals surface area contributed by atoms with Crippen LogP contribution in [0.15, 0.2) is 29.2 Å². The molecule has 1 fully saturated rings. The quantitative estimate of drug-likeness (QED) is 0.875. The minimum Gasteiger partial charge on any atom is -0.343 e. The summed E-state index contributed by atoms with van der Waals surface area (Å²) < 4.78 is 27.0. The molecule has 0 bridgehead atoms. The zero-order valence-corrected chi connectivity index (χ0v) is 13.4. The minimum atomic E-state index is -3.73. The van der Waals surface area contributed by atoms with Gasteiger partial charge in [0.15, 0.2) is 0 Å². The summed E-state index contributed by atoms with van der Waals surface area (Å²) in [5, 5.41) is 0. The molecule has 0 saturated carbocycles. The second-order valence-corrected chi connectivity index (χ2v) is 7.58. The van der Waals surface area contributed by atoms with E-state index in [9.17, 15) is 13.2 Å². The number of likely N-dealkylation sites (N-methyl/N-ethyl adjacent to an activating group) is 1. The van der Waals surface area contributed by atoms with Gasteiger partial charge < -0.3 is 10.6 Å². The lowest BCUT2D eigenvalue weighted by molar-refractivity contribution is -0.142. The average Bonchev–Trinajstić information content (AvgIpc) is 2.44. The molecule has 1 amide bonds. The number of sulfonamides is 1. The number of nitrogens with zero attached hydrogens (tertiary/aromatic N) is 2. The van der Waals surface area contributed by atoms with E-state index in [2.05, 4.69) is 0 Å². The number of hydrogen-bond donors (Lipinski definition) is 1. The van der Waals surface area contributed by atoms with Crippen molar-refractivity contribution in [3.05, 3.63) is 29.8 Å². The van der Waals surface area contributed by atoms with Gasteiger partial charge in [-0.1, -0.05) is 12.1 Å². The third-order valence-corrected chi connectivity index (χ3v) is 5.92. The SMILES string of the molecule is CN1CCN(S(=O)(=O)c2cccc(CN)c2)C(C)(C)C1=O. The van der Waals surface area contributed by atoms with Crippen molar-refractivity contribution in [2.45, 2.75) is 30.8 Å². The number of hydrogen-bond acceptors (Lipinski definition) is 4. The summed E-state index contributed by atoms with van der Waals surface area (Å²) in [6.07, 6.45) is 0. The lowest BCUT2D eigenvalue weighted by Crippen LogP contribution is -2.63. The standard InChI is InChI=1S/C14H21N3O3S/c1-14(2)13(18)16(3)7-8-17(14)21(19,20)12-6-4-5-11(9-12)10-15/h4-6,9H,7-8,10,15H2,1-3H3. The molecule has 1 saturated heterocycles. The van der Waals surface area contributed by atoms with Gasteiger partial charge in [0.05, 0.1) is 4.90 Å². The number of nitrogens with two attached hydrogens (primary N) is 1. The van der Waals surface area contributed by atoms with E-state index < -0.39 is 15.6 Å². The molecule has 2 rings (SSSR count). The van der Waals surface area contributed by atoms with Gasteiger partial charge in [0.25, 0.3) is 0 Å². The van der Waals surface area contributed by atoms with E-state index in [4.69, 9.17) is 5.73 Å². The summed E-state index contributed by atoms with van der Waals surface area (Å²) in [6.45, 7) is 4.21. The van der Waals surface area contributed by atoms with E-state index in [0.29, 0.717) is 6.54 Å². The molecular formula is C14H21N3O3S. The Hall–Kier alpha value is -1.44. The summed E-state index contributed by atoms with van der Waals surface area (Å²) in [5.74, 6) is -0.202. The van der Waals surface area contributed by atoms with Crippen LogP contribution in [0.2, 0.25) is 0 Å². The van der Waals surface area contributed by atoms with Gasteiger partial charge in [-0.25, -0.2) is 8.42 Å². The second kappa shape index (κ2) is 5.40. The number of rotatable bonds is 3. The molecule has 7 heteroatoms. The summed E-state index contributed by atoms with van der Waals surface area (Å²) in [7, 11) is -2.04. The second-order valence-electron chi connectivity index (χ2n) is 5.71. The Labute approximate surface area is 125 Å². The highest BCUT2D eigenvalue weighted by Crippen LogP contribution is 2.29. The normalized spacial score (nSPS) is 19.8. The fraction of sp³-hybridized carbons (Fsp3) is 0.500. The van der Waals surface area contributed by atoms with Crippen molar-refractivity contribution < 1.29 is 13.2 Å². The number of piperazine rings is 1. The molecule has 0 atom stereocenters. The van der Waals surface area contributed by atoms with Crippen LogP contribution in [-0.2, 0) is 21.4 Å². The van der Waals surface area contributed by atoms with Gasteiger partial charge >= 0.3 is 0 Å². The number of amides is 1. The Morgan fingerprint density at radius 1 is 1.29 bits per heavy atom. The first-order valence-electron chi connectivity index (χ1n) is 6.78. The average molecular weight is 311 g/mol. The Morgan fingerprint density at radius 2 is 1.95 bits per heavy atom. The lowest BCUT2D eigenvalue weighted by atomic mass is 10.0. The van der Waals surface area contributed by atoms with Crippen LogP contribution in [0, 0.1) is 0 Å². The van der Waals surface area contributed by atoms with E-state index >= 15 is 0 Å². The van der Waals surface area contributed by atoms with Gasteiger partial charge in [-0.3, -0.25) is 4.79 Å². The van der Waals surface area contributed by atoms with Crippen LogP contribution in [0.1, 0.15) is 19.4 Å². The highest BCUT2D eigenvalue weighted by Gasteiger charge is 2.46. The minimum absolute atomic E-state index is 0.177. The fourth-order valence-corrected chi connectivity index (χ4v) is 4.38. The third-order valence-electron chi connectivity index (χ3n) is 3.85. The molecule has 0 radical (unpaired) electrons. The molecule has 0 aromatic heterocycles. The molecule has 1 aromatic rings. The van der Waals surface area contributed by atoms with E-state index in [0.717, 1.165) is 5.56 Å². The summed E-state index contributed by atoms with van der Waals surface area (Å²) >= 11 is 0. The molecule has 116 valence electrons. The summed E-state index contributed by atoms with van der Waals surface area (Å²) in [5.41, 5.74) is 5.22. The maximum atomic E-state index is 12.8. The smallest absolute Gasteiger partial charge is 0.244 e. The molecule has 0 unspecified atom stereocenters. The maximum Gasteiger partial charge on any atom is 0.244 e. The van der Waals surface area contributed by atoms with E-state index in [1.54, 1.807) is 44.0 Å². The Balaban J connectivity index is 2.46. The van der Waals surface area contributed by atoms with Crippen LogP contribution in [0.4, 0.5) is 0 Å². The number of carbonyl (C=O) groups is 1. The van der Waals surface area contributed by atoms with Crippen LogP contribution in [0.25, 0.3) is 0 Å². The molecule has 6 nitrogen and oxygen atoms in total. The van der Waals surface area contributed by atoms with Crippen molar-refractivity contribution in [2.24, 2.45) is 5.73 Å². The van der Waals surface area contributed by atoms with Crippen LogP contribution < -0.4 is 5.73 Å². The number of carbonyl (C=O) groups excluding carboxylic acids is 1. The number of benzene rings is 1. The van der Waals surface area contributed by atoms with Gasteiger partial charge in [-0.2, -0.15) is 4.31 Å². The van der Waals surface area contributed by atoms with Crippen molar-refractivity contribution in [3.8, 4) is 0 Å². The predicted octanol–water partition coefficient (Wildman–Crippen LogP) is 0.387. The van der Waals surface area contributed by atoms with Crippen LogP contribution >= 0.6 is 0 Å². The third kappa shape index (κ3) is 2.68. The Bertz CT molecular complexity index is 655. The fourth-order valence-electron chi connectivity index (χ4n) is 2.58. The monoisotopic (exact) mass is 311 g/mol. The van der Waals surface area contributed by atoms with Gasteiger partial charge in [0, 0.05) is 26.7 Å². The molecule has 0 spiro atoms. The Kier molecular flexibility index (Phi) is 4.10. The zero-order valence-electron chi connectivity index (χ0n) is 12.5. The first kappa shape index (κ1) is 15.9. The largest absolute Gasteiger partial charge is 0.343 e. The zero-order chi connectivity index (χ0) is 15.8. The van der Waals surface area contributed by atoms with Gasteiger partial charge in [-0.05, 0) is 31.5 Å². The molecule has 0 aliphatic carbocycles. The van der Waals surface area contributed by atoms with E-state index in [1.807, 2.05) is 0 Å². The first-order chi connectivity index (χ1) is 9.71. The van der Waals surface area contributed by atoms with Gasteiger partial charge in [0.2, 0.25) is 15.9 Å². The van der Waals surface area contributed by atoms with Crippen LogP contribution in [0.5, 0.6) is 0 Å². The van der Waals surface area contributed by atoms with Crippen molar-refractivity contribution in [3.63, 3.8) is 0 Å². The van der Waals surface area contributed by atoms with Crippen LogP contribution in [-0.4, -0.2) is 49.2 Å². The summed E-state index contributed by atoms with van der Waals surface area (Å²) in [6, 6.07) is 6.54. The van der Waals surface area contributed by atoms with Crippen molar-refractivity contribution in [1.29, 1.82) is 0 Å². The van der Waals surface area contributed by atoms with Crippen molar-refractivity contribution in [2.75, 3.05) is 20.1 Å². The highest BCUT2D eigenvalue weighted by molar-refractivity contribution is 7.89. The first-order valence-corrected chi connectivity index (χ1v) is 8.22. The topological polar surface area (TPSA) is 83.7 Å². The maximum absolute atomic E-state index is 12.8. The van der Waals surface area contributed by atoms with Crippen molar-refractivity contribution >= 4 is 15.9 Å². The van der Waals surface area contributed by atoms with E-state index in [1.165, 1.54) is 10.4 Å². The molecule has 1 heterocycles. The summed E-state index contributed by atoms with van der Waals surface area (Å²) in [4.78, 5) is 14.0.